The topological polar surface area (TPSA) is 41.9 Å². The van der Waals surface area contributed by atoms with Crippen molar-refractivity contribution in [3.63, 3.8) is 0 Å². The summed E-state index contributed by atoms with van der Waals surface area (Å²) in [6.45, 7) is 4.76. The lowest BCUT2D eigenvalue weighted by Crippen LogP contribution is -2.35. The largest absolute Gasteiger partial charge is 0.497 e. The van der Waals surface area contributed by atoms with Gasteiger partial charge in [0.2, 0.25) is 0 Å². The molecule has 4 nitrogen and oxygen atoms in total. The molecule has 0 amide bonds. The molecule has 1 N–H and O–H groups in total. The van der Waals surface area contributed by atoms with Gasteiger partial charge in [-0.15, -0.1) is 12.4 Å². The summed E-state index contributed by atoms with van der Waals surface area (Å²) >= 11 is 0. The Morgan fingerprint density at radius 3 is 1.85 bits per heavy atom. The van der Waals surface area contributed by atoms with Crippen LogP contribution in [0.1, 0.15) is 11.1 Å². The number of nitrogens with zero attached hydrogens (tertiary/aromatic N) is 1. The van der Waals surface area contributed by atoms with Gasteiger partial charge in [0.1, 0.15) is 17.1 Å². The van der Waals surface area contributed by atoms with Gasteiger partial charge in [-0.2, -0.15) is 0 Å². The molecule has 5 heteroatoms. The van der Waals surface area contributed by atoms with E-state index in [1.54, 1.807) is 14.2 Å². The molecule has 0 fully saturated rings. The molecule has 0 saturated heterocycles. The summed E-state index contributed by atoms with van der Waals surface area (Å²) in [6.07, 6.45) is 0.440. The van der Waals surface area contributed by atoms with Crippen LogP contribution in [0.3, 0.4) is 0 Å². The van der Waals surface area contributed by atoms with E-state index in [1.807, 2.05) is 67.5 Å². The summed E-state index contributed by atoms with van der Waals surface area (Å²) in [4.78, 5) is 2.00. The minimum atomic E-state index is -1.16. The van der Waals surface area contributed by atoms with Crippen molar-refractivity contribution in [2.75, 3.05) is 34.9 Å². The molecule has 0 aliphatic carbocycles. The number of rotatable bonds is 8. The van der Waals surface area contributed by atoms with Gasteiger partial charge in [0, 0.05) is 13.0 Å². The van der Waals surface area contributed by atoms with Crippen molar-refractivity contribution in [3.8, 4) is 11.5 Å². The van der Waals surface area contributed by atoms with Gasteiger partial charge in [-0.3, -0.25) is 0 Å². The highest BCUT2D eigenvalue weighted by molar-refractivity contribution is 5.85. The molecule has 0 heterocycles. The Labute approximate surface area is 162 Å². The second-order valence-electron chi connectivity index (χ2n) is 6.45. The lowest BCUT2D eigenvalue weighted by Gasteiger charge is -2.33. The molecule has 0 aliphatic rings. The zero-order valence-electron chi connectivity index (χ0n) is 15.9. The minimum absolute atomic E-state index is 0. The van der Waals surface area contributed by atoms with Crippen molar-refractivity contribution >= 4 is 12.4 Å². The first-order valence-corrected chi connectivity index (χ1v) is 8.22. The fourth-order valence-electron chi connectivity index (χ4n) is 2.85. The average molecular weight is 378 g/mol. The fourth-order valence-corrected chi connectivity index (χ4v) is 2.85. The lowest BCUT2D eigenvalue weighted by atomic mass is 9.81. The molecule has 0 saturated carbocycles. The molecular formula is C21H28ClNO3. The SMILES string of the molecule is C=C(CN(C)C)C(O)(Cc1ccc(OC)cc1)c1ccc(OC)cc1.Cl. The third-order valence-electron chi connectivity index (χ3n) is 4.28. The fraction of sp³-hybridized carbons (Fsp3) is 0.333. The molecule has 26 heavy (non-hydrogen) atoms. The number of hydrogen-bond donors (Lipinski definition) is 1. The summed E-state index contributed by atoms with van der Waals surface area (Å²) in [5.41, 5.74) is 1.40. The third kappa shape index (κ3) is 5.24. The number of methoxy groups -OCH3 is 2. The van der Waals surface area contributed by atoms with Crippen LogP contribution in [-0.4, -0.2) is 44.9 Å². The summed E-state index contributed by atoms with van der Waals surface area (Å²) < 4.78 is 10.4. The Balaban J connectivity index is 0.00000338. The Bertz CT molecular complexity index is 698. The van der Waals surface area contributed by atoms with Gasteiger partial charge in [0.25, 0.3) is 0 Å². The Kier molecular flexibility index (Phi) is 8.15. The van der Waals surface area contributed by atoms with E-state index in [-0.39, 0.29) is 12.4 Å². The van der Waals surface area contributed by atoms with Crippen LogP contribution in [0.4, 0.5) is 0 Å². The highest BCUT2D eigenvalue weighted by Crippen LogP contribution is 2.34. The zero-order chi connectivity index (χ0) is 18.4. The Morgan fingerprint density at radius 2 is 1.42 bits per heavy atom. The van der Waals surface area contributed by atoms with Gasteiger partial charge in [-0.1, -0.05) is 30.8 Å². The maximum absolute atomic E-state index is 11.5. The van der Waals surface area contributed by atoms with E-state index in [1.165, 1.54) is 0 Å². The molecule has 1 unspecified atom stereocenters. The standard InChI is InChI=1S/C21H27NO3.ClH/c1-16(15-22(2)3)21(23,18-8-12-20(25-5)13-9-18)14-17-6-10-19(24-4)11-7-17;/h6-13,23H,1,14-15H2,2-5H3;1H. The third-order valence-corrected chi connectivity index (χ3v) is 4.28. The van der Waals surface area contributed by atoms with Crippen molar-refractivity contribution in [1.29, 1.82) is 0 Å². The zero-order valence-corrected chi connectivity index (χ0v) is 16.7. The van der Waals surface area contributed by atoms with Crippen molar-refractivity contribution in [3.05, 3.63) is 71.8 Å². The summed E-state index contributed by atoms with van der Waals surface area (Å²) in [7, 11) is 7.20. The van der Waals surface area contributed by atoms with E-state index in [0.29, 0.717) is 13.0 Å². The molecule has 2 aromatic carbocycles. The van der Waals surface area contributed by atoms with Crippen molar-refractivity contribution in [2.45, 2.75) is 12.0 Å². The van der Waals surface area contributed by atoms with Crippen LogP contribution in [0.2, 0.25) is 0 Å². The first-order valence-electron chi connectivity index (χ1n) is 8.22. The maximum Gasteiger partial charge on any atom is 0.118 e. The predicted molar refractivity (Wildman–Crippen MR) is 109 cm³/mol. The maximum atomic E-state index is 11.5. The van der Waals surface area contributed by atoms with Gasteiger partial charge in [-0.05, 0) is 55.1 Å². The van der Waals surface area contributed by atoms with E-state index in [2.05, 4.69) is 6.58 Å². The smallest absolute Gasteiger partial charge is 0.118 e. The van der Waals surface area contributed by atoms with Crippen LogP contribution in [0.25, 0.3) is 0 Å². The van der Waals surface area contributed by atoms with Crippen LogP contribution in [0.15, 0.2) is 60.7 Å². The van der Waals surface area contributed by atoms with Crippen molar-refractivity contribution < 1.29 is 14.6 Å². The van der Waals surface area contributed by atoms with E-state index in [0.717, 1.165) is 28.2 Å². The molecule has 2 aromatic rings. The second kappa shape index (κ2) is 9.62. The van der Waals surface area contributed by atoms with Crippen LogP contribution in [0, 0.1) is 0 Å². The summed E-state index contributed by atoms with van der Waals surface area (Å²) in [5.74, 6) is 1.55. The highest BCUT2D eigenvalue weighted by Gasteiger charge is 2.33. The monoisotopic (exact) mass is 377 g/mol. The van der Waals surface area contributed by atoms with Gasteiger partial charge < -0.3 is 19.5 Å². The number of ether oxygens (including phenoxy) is 2. The lowest BCUT2D eigenvalue weighted by molar-refractivity contribution is 0.0703. The van der Waals surface area contributed by atoms with E-state index in [9.17, 15) is 5.11 Å². The average Bonchev–Trinajstić information content (AvgIpc) is 2.61. The van der Waals surface area contributed by atoms with E-state index < -0.39 is 5.60 Å². The molecule has 1 atom stereocenters. The molecule has 2 rings (SSSR count). The van der Waals surface area contributed by atoms with Crippen LogP contribution >= 0.6 is 12.4 Å². The van der Waals surface area contributed by atoms with Crippen LogP contribution < -0.4 is 9.47 Å². The van der Waals surface area contributed by atoms with Crippen LogP contribution in [-0.2, 0) is 12.0 Å². The van der Waals surface area contributed by atoms with Gasteiger partial charge in [-0.25, -0.2) is 0 Å². The van der Waals surface area contributed by atoms with Crippen LogP contribution in [0.5, 0.6) is 11.5 Å². The van der Waals surface area contributed by atoms with Crippen molar-refractivity contribution in [1.82, 2.24) is 4.90 Å². The molecule has 0 radical (unpaired) electrons. The Hall–Kier alpha value is -2.01. The van der Waals surface area contributed by atoms with Crippen molar-refractivity contribution in [2.24, 2.45) is 0 Å². The first-order chi connectivity index (χ1) is 11.9. The molecule has 142 valence electrons. The van der Waals surface area contributed by atoms with Gasteiger partial charge in [0.15, 0.2) is 0 Å². The molecule has 0 aromatic heterocycles. The molecular weight excluding hydrogens is 350 g/mol. The van der Waals surface area contributed by atoms with E-state index in [4.69, 9.17) is 9.47 Å². The number of aliphatic hydroxyl groups is 1. The molecule has 0 bridgehead atoms. The summed E-state index contributed by atoms with van der Waals surface area (Å²) in [6, 6.07) is 15.2. The minimum Gasteiger partial charge on any atom is -0.497 e. The number of benzene rings is 2. The molecule has 0 spiro atoms. The Morgan fingerprint density at radius 1 is 0.962 bits per heavy atom. The van der Waals surface area contributed by atoms with E-state index >= 15 is 0 Å². The normalized spacial score (nSPS) is 12.8. The number of hydrogen-bond acceptors (Lipinski definition) is 4. The number of likely N-dealkylation sites (N-methyl/N-ethyl adjacent to an activating group) is 1. The predicted octanol–water partition coefficient (Wildman–Crippen LogP) is 3.67. The highest BCUT2D eigenvalue weighted by atomic mass is 35.5. The van der Waals surface area contributed by atoms with Gasteiger partial charge in [0.05, 0.1) is 14.2 Å². The summed E-state index contributed by atoms with van der Waals surface area (Å²) in [5, 5.41) is 11.5. The first kappa shape index (κ1) is 22.0. The molecule has 0 aliphatic heterocycles. The second-order valence-corrected chi connectivity index (χ2v) is 6.45. The number of halogens is 1. The van der Waals surface area contributed by atoms with Gasteiger partial charge >= 0.3 is 0 Å². The quantitative estimate of drug-likeness (QED) is 0.713.